The number of amides is 2. The van der Waals surface area contributed by atoms with Crippen LogP contribution in [0.3, 0.4) is 0 Å². The lowest BCUT2D eigenvalue weighted by Crippen LogP contribution is -2.38. The molecule has 1 aromatic carbocycles. The fourth-order valence-electron chi connectivity index (χ4n) is 3.36. The van der Waals surface area contributed by atoms with Crippen molar-refractivity contribution in [3.8, 4) is 11.5 Å². The van der Waals surface area contributed by atoms with Gasteiger partial charge in [0.05, 0.1) is 18.7 Å². The standard InChI is InChI=1S/C22H33ClN2O4/c1-15(2)9-12-29-20-18(23)13-17(14-19(20)28-3)22(27)25-11-10-24-21(26)16-7-5-4-6-8-16/h13-16H,4-12H2,1-3H3,(H,24,26)(H,25,27). The van der Waals surface area contributed by atoms with E-state index in [0.717, 1.165) is 32.1 Å². The number of hydrogen-bond acceptors (Lipinski definition) is 4. The molecule has 0 atom stereocenters. The molecule has 0 radical (unpaired) electrons. The third-order valence-corrected chi connectivity index (χ3v) is 5.40. The van der Waals surface area contributed by atoms with Crippen LogP contribution in [0.4, 0.5) is 0 Å². The van der Waals surface area contributed by atoms with E-state index in [9.17, 15) is 9.59 Å². The minimum absolute atomic E-state index is 0.0894. The number of carbonyl (C=O) groups is 2. The highest BCUT2D eigenvalue weighted by molar-refractivity contribution is 6.32. The van der Waals surface area contributed by atoms with E-state index in [1.807, 2.05) is 0 Å². The molecule has 1 fully saturated rings. The van der Waals surface area contributed by atoms with Crippen molar-refractivity contribution < 1.29 is 19.1 Å². The van der Waals surface area contributed by atoms with Gasteiger partial charge in [0.25, 0.3) is 5.91 Å². The average molecular weight is 425 g/mol. The van der Waals surface area contributed by atoms with Crippen LogP contribution in [-0.4, -0.2) is 38.6 Å². The van der Waals surface area contributed by atoms with Crippen molar-refractivity contribution in [1.82, 2.24) is 10.6 Å². The summed E-state index contributed by atoms with van der Waals surface area (Å²) < 4.78 is 11.1. The van der Waals surface area contributed by atoms with Crippen molar-refractivity contribution in [1.29, 1.82) is 0 Å². The zero-order valence-corrected chi connectivity index (χ0v) is 18.4. The van der Waals surface area contributed by atoms with E-state index in [4.69, 9.17) is 21.1 Å². The molecule has 0 unspecified atom stereocenters. The van der Waals surface area contributed by atoms with Crippen molar-refractivity contribution in [3.05, 3.63) is 22.7 Å². The predicted molar refractivity (Wildman–Crippen MR) is 115 cm³/mol. The molecule has 0 aliphatic heterocycles. The predicted octanol–water partition coefficient (Wildman–Crippen LogP) is 4.20. The summed E-state index contributed by atoms with van der Waals surface area (Å²) >= 11 is 6.32. The van der Waals surface area contributed by atoms with E-state index in [0.29, 0.717) is 47.7 Å². The van der Waals surface area contributed by atoms with Crippen molar-refractivity contribution in [2.45, 2.75) is 52.4 Å². The summed E-state index contributed by atoms with van der Waals surface area (Å²) in [6, 6.07) is 3.19. The molecule has 1 aliphatic rings. The van der Waals surface area contributed by atoms with Gasteiger partial charge in [0.2, 0.25) is 5.91 Å². The first-order valence-corrected chi connectivity index (χ1v) is 10.9. The largest absolute Gasteiger partial charge is 0.493 e. The SMILES string of the molecule is COc1cc(C(=O)NCCNC(=O)C2CCCCC2)cc(Cl)c1OCCC(C)C. The van der Waals surface area contributed by atoms with Gasteiger partial charge in [-0.05, 0) is 37.3 Å². The second kappa shape index (κ2) is 11.9. The molecule has 2 rings (SSSR count). The molecule has 0 bridgehead atoms. The normalized spacial score (nSPS) is 14.5. The van der Waals surface area contributed by atoms with Crippen LogP contribution in [0.25, 0.3) is 0 Å². The lowest BCUT2D eigenvalue weighted by atomic mass is 9.89. The molecule has 2 N–H and O–H groups in total. The summed E-state index contributed by atoms with van der Waals surface area (Å²) in [5.74, 6) is 1.33. The highest BCUT2D eigenvalue weighted by atomic mass is 35.5. The maximum absolute atomic E-state index is 12.4. The summed E-state index contributed by atoms with van der Waals surface area (Å²) in [4.78, 5) is 24.6. The smallest absolute Gasteiger partial charge is 0.251 e. The Morgan fingerprint density at radius 1 is 1.14 bits per heavy atom. The second-order valence-electron chi connectivity index (χ2n) is 7.90. The molecular formula is C22H33ClN2O4. The van der Waals surface area contributed by atoms with Gasteiger partial charge < -0.3 is 20.1 Å². The van der Waals surface area contributed by atoms with Crippen LogP contribution in [0, 0.1) is 11.8 Å². The van der Waals surface area contributed by atoms with Crippen molar-refractivity contribution in [2.75, 3.05) is 26.8 Å². The Morgan fingerprint density at radius 2 is 1.83 bits per heavy atom. The van der Waals surface area contributed by atoms with Crippen LogP contribution >= 0.6 is 11.6 Å². The van der Waals surface area contributed by atoms with Crippen molar-refractivity contribution >= 4 is 23.4 Å². The Kier molecular flexibility index (Phi) is 9.58. The first kappa shape index (κ1) is 23.3. The number of methoxy groups -OCH3 is 1. The first-order chi connectivity index (χ1) is 13.9. The van der Waals surface area contributed by atoms with Gasteiger partial charge in [-0.25, -0.2) is 0 Å². The summed E-state index contributed by atoms with van der Waals surface area (Å²) in [7, 11) is 1.52. The van der Waals surface area contributed by atoms with E-state index in [1.165, 1.54) is 13.5 Å². The number of rotatable bonds is 10. The third kappa shape index (κ3) is 7.42. The van der Waals surface area contributed by atoms with Crippen LogP contribution < -0.4 is 20.1 Å². The van der Waals surface area contributed by atoms with Gasteiger partial charge in [-0.3, -0.25) is 9.59 Å². The van der Waals surface area contributed by atoms with E-state index in [1.54, 1.807) is 12.1 Å². The van der Waals surface area contributed by atoms with Gasteiger partial charge in [0.15, 0.2) is 11.5 Å². The van der Waals surface area contributed by atoms with Crippen LogP contribution in [0.1, 0.15) is 62.7 Å². The summed E-state index contributed by atoms with van der Waals surface area (Å²) in [5, 5.41) is 6.05. The Balaban J connectivity index is 1.84. The fourth-order valence-corrected chi connectivity index (χ4v) is 3.63. The molecule has 162 valence electrons. The molecule has 29 heavy (non-hydrogen) atoms. The maximum atomic E-state index is 12.4. The van der Waals surface area contributed by atoms with Crippen LogP contribution in [-0.2, 0) is 4.79 Å². The van der Waals surface area contributed by atoms with E-state index in [-0.39, 0.29) is 17.7 Å². The number of carbonyl (C=O) groups excluding carboxylic acids is 2. The highest BCUT2D eigenvalue weighted by Crippen LogP contribution is 2.36. The highest BCUT2D eigenvalue weighted by Gasteiger charge is 2.20. The molecule has 1 aromatic rings. The van der Waals surface area contributed by atoms with Gasteiger partial charge in [0.1, 0.15) is 0 Å². The quantitative estimate of drug-likeness (QED) is 0.552. The minimum atomic E-state index is -0.272. The fraction of sp³-hybridized carbons (Fsp3) is 0.636. The van der Waals surface area contributed by atoms with E-state index < -0.39 is 0 Å². The van der Waals surface area contributed by atoms with Gasteiger partial charge >= 0.3 is 0 Å². The Labute approximate surface area is 178 Å². The lowest BCUT2D eigenvalue weighted by molar-refractivity contribution is -0.125. The summed E-state index contributed by atoms with van der Waals surface area (Å²) in [5.41, 5.74) is 0.390. The second-order valence-corrected chi connectivity index (χ2v) is 8.31. The third-order valence-electron chi connectivity index (χ3n) is 5.12. The lowest BCUT2D eigenvalue weighted by Gasteiger charge is -2.20. The summed E-state index contributed by atoms with van der Waals surface area (Å²) in [6.45, 7) is 5.52. The van der Waals surface area contributed by atoms with E-state index >= 15 is 0 Å². The van der Waals surface area contributed by atoms with Gasteiger partial charge in [-0.1, -0.05) is 44.7 Å². The minimum Gasteiger partial charge on any atom is -0.493 e. The average Bonchev–Trinajstić information content (AvgIpc) is 2.72. The number of nitrogens with one attached hydrogen (secondary N) is 2. The number of hydrogen-bond donors (Lipinski definition) is 2. The van der Waals surface area contributed by atoms with Crippen molar-refractivity contribution in [2.24, 2.45) is 11.8 Å². The zero-order valence-electron chi connectivity index (χ0n) is 17.7. The number of benzene rings is 1. The molecule has 0 aromatic heterocycles. The Morgan fingerprint density at radius 3 is 2.48 bits per heavy atom. The molecular weight excluding hydrogens is 392 g/mol. The topological polar surface area (TPSA) is 76.7 Å². The molecule has 1 saturated carbocycles. The maximum Gasteiger partial charge on any atom is 0.251 e. The van der Waals surface area contributed by atoms with Gasteiger partial charge in [0, 0.05) is 24.6 Å². The van der Waals surface area contributed by atoms with E-state index in [2.05, 4.69) is 24.5 Å². The van der Waals surface area contributed by atoms with Gasteiger partial charge in [-0.2, -0.15) is 0 Å². The number of halogens is 1. The first-order valence-electron chi connectivity index (χ1n) is 10.5. The molecule has 6 nitrogen and oxygen atoms in total. The van der Waals surface area contributed by atoms with Crippen LogP contribution in [0.2, 0.25) is 5.02 Å². The summed E-state index contributed by atoms with van der Waals surface area (Å²) in [6.07, 6.45) is 6.27. The number of ether oxygens (including phenoxy) is 2. The van der Waals surface area contributed by atoms with Gasteiger partial charge in [-0.15, -0.1) is 0 Å². The molecule has 0 heterocycles. The monoisotopic (exact) mass is 424 g/mol. The Hall–Kier alpha value is -1.95. The van der Waals surface area contributed by atoms with Crippen LogP contribution in [0.5, 0.6) is 11.5 Å². The van der Waals surface area contributed by atoms with Crippen molar-refractivity contribution in [3.63, 3.8) is 0 Å². The molecule has 1 aliphatic carbocycles. The molecule has 0 saturated heterocycles. The Bertz CT molecular complexity index is 688. The van der Waals surface area contributed by atoms with Crippen LogP contribution in [0.15, 0.2) is 12.1 Å². The molecule has 7 heteroatoms. The zero-order chi connectivity index (χ0) is 21.2. The molecule has 2 amide bonds. The molecule has 0 spiro atoms.